The number of rotatable bonds is 4. The molecule has 1 heterocycles. The highest BCUT2D eigenvalue weighted by Crippen LogP contribution is 2.19. The van der Waals surface area contributed by atoms with E-state index in [1.807, 2.05) is 24.3 Å². The lowest BCUT2D eigenvalue weighted by Gasteiger charge is -2.34. The largest absolute Gasteiger partial charge is 0.369 e. The van der Waals surface area contributed by atoms with Crippen LogP contribution in [0, 0.1) is 0 Å². The fourth-order valence-corrected chi connectivity index (χ4v) is 2.93. The molecule has 0 unspecified atom stereocenters. The van der Waals surface area contributed by atoms with Crippen LogP contribution in [0.2, 0.25) is 0 Å². The lowest BCUT2D eigenvalue weighted by molar-refractivity contribution is 0.101. The SMILES string of the molecule is CC(=O)c1cccc(NC(=O)Nc2ccc(N3CCN(C)CC3)cc2)c1. The molecule has 2 N–H and O–H groups in total. The summed E-state index contributed by atoms with van der Waals surface area (Å²) in [6.07, 6.45) is 0. The van der Waals surface area contributed by atoms with Crippen LogP contribution in [0.1, 0.15) is 17.3 Å². The van der Waals surface area contributed by atoms with Crippen molar-refractivity contribution < 1.29 is 9.59 Å². The summed E-state index contributed by atoms with van der Waals surface area (Å²) in [5.41, 5.74) is 3.05. The monoisotopic (exact) mass is 352 g/mol. The van der Waals surface area contributed by atoms with Crippen LogP contribution < -0.4 is 15.5 Å². The zero-order valence-corrected chi connectivity index (χ0v) is 15.2. The average Bonchev–Trinajstić information content (AvgIpc) is 2.63. The number of amides is 2. The van der Waals surface area contributed by atoms with E-state index in [9.17, 15) is 9.59 Å². The molecule has 3 rings (SSSR count). The van der Waals surface area contributed by atoms with Crippen molar-refractivity contribution in [1.82, 2.24) is 4.90 Å². The Hall–Kier alpha value is -2.86. The molecule has 0 aliphatic carbocycles. The van der Waals surface area contributed by atoms with Gasteiger partial charge in [0.2, 0.25) is 0 Å². The Kier molecular flexibility index (Phi) is 5.53. The molecule has 2 aromatic rings. The molecule has 0 radical (unpaired) electrons. The maximum Gasteiger partial charge on any atom is 0.323 e. The van der Waals surface area contributed by atoms with Gasteiger partial charge in [0.15, 0.2) is 5.78 Å². The van der Waals surface area contributed by atoms with Crippen LogP contribution in [0.3, 0.4) is 0 Å². The summed E-state index contributed by atoms with van der Waals surface area (Å²) in [5, 5.41) is 5.56. The third kappa shape index (κ3) is 4.61. The van der Waals surface area contributed by atoms with E-state index < -0.39 is 0 Å². The van der Waals surface area contributed by atoms with Crippen molar-refractivity contribution >= 4 is 28.9 Å². The first-order chi connectivity index (χ1) is 12.5. The predicted molar refractivity (Wildman–Crippen MR) is 105 cm³/mol. The summed E-state index contributed by atoms with van der Waals surface area (Å²) in [5.74, 6) is -0.0337. The zero-order chi connectivity index (χ0) is 18.5. The Morgan fingerprint density at radius 3 is 2.19 bits per heavy atom. The number of nitrogens with one attached hydrogen (secondary N) is 2. The molecule has 1 aliphatic rings. The zero-order valence-electron chi connectivity index (χ0n) is 15.2. The fourth-order valence-electron chi connectivity index (χ4n) is 2.93. The Bertz CT molecular complexity index is 781. The number of urea groups is 1. The Morgan fingerprint density at radius 1 is 0.885 bits per heavy atom. The van der Waals surface area contributed by atoms with Gasteiger partial charge in [0.1, 0.15) is 0 Å². The predicted octanol–water partition coefficient (Wildman–Crippen LogP) is 3.29. The first-order valence-electron chi connectivity index (χ1n) is 8.74. The number of carbonyl (C=O) groups excluding carboxylic acids is 2. The van der Waals surface area contributed by atoms with Gasteiger partial charge in [-0.15, -0.1) is 0 Å². The van der Waals surface area contributed by atoms with Gasteiger partial charge in [-0.25, -0.2) is 4.79 Å². The molecule has 6 nitrogen and oxygen atoms in total. The van der Waals surface area contributed by atoms with Crippen molar-refractivity contribution in [3.63, 3.8) is 0 Å². The molecule has 0 saturated carbocycles. The van der Waals surface area contributed by atoms with Crippen LogP contribution in [0.15, 0.2) is 48.5 Å². The van der Waals surface area contributed by atoms with Gasteiger partial charge in [0.25, 0.3) is 0 Å². The second-order valence-electron chi connectivity index (χ2n) is 6.55. The van der Waals surface area contributed by atoms with Crippen molar-refractivity contribution in [3.8, 4) is 0 Å². The molecule has 1 aliphatic heterocycles. The van der Waals surface area contributed by atoms with Crippen molar-refractivity contribution in [2.24, 2.45) is 0 Å². The molecular weight excluding hydrogens is 328 g/mol. The fraction of sp³-hybridized carbons (Fsp3) is 0.300. The number of anilines is 3. The van der Waals surface area contributed by atoms with E-state index >= 15 is 0 Å². The number of hydrogen-bond acceptors (Lipinski definition) is 4. The van der Waals surface area contributed by atoms with Crippen molar-refractivity contribution in [2.75, 3.05) is 48.8 Å². The van der Waals surface area contributed by atoms with Crippen LogP contribution >= 0.6 is 0 Å². The van der Waals surface area contributed by atoms with E-state index in [1.165, 1.54) is 12.6 Å². The number of Topliss-reactive ketones (excluding diaryl/α,β-unsaturated/α-hetero) is 1. The number of carbonyl (C=O) groups is 2. The molecular formula is C20H24N4O2. The Morgan fingerprint density at radius 2 is 1.54 bits per heavy atom. The lowest BCUT2D eigenvalue weighted by atomic mass is 10.1. The molecule has 2 aromatic carbocycles. The van der Waals surface area contributed by atoms with Gasteiger partial charge in [0, 0.05) is 48.8 Å². The Labute approximate surface area is 153 Å². The molecule has 0 spiro atoms. The van der Waals surface area contributed by atoms with Crippen molar-refractivity contribution in [1.29, 1.82) is 0 Å². The van der Waals surface area contributed by atoms with E-state index in [-0.39, 0.29) is 11.8 Å². The quantitative estimate of drug-likeness (QED) is 0.829. The van der Waals surface area contributed by atoms with E-state index in [2.05, 4.69) is 27.5 Å². The van der Waals surface area contributed by atoms with Crippen molar-refractivity contribution in [3.05, 3.63) is 54.1 Å². The molecule has 1 fully saturated rings. The van der Waals surface area contributed by atoms with E-state index in [0.717, 1.165) is 31.9 Å². The number of ketones is 1. The molecule has 0 bridgehead atoms. The smallest absolute Gasteiger partial charge is 0.323 e. The molecule has 6 heteroatoms. The van der Waals surface area contributed by atoms with Gasteiger partial charge >= 0.3 is 6.03 Å². The normalized spacial score (nSPS) is 14.8. The van der Waals surface area contributed by atoms with Gasteiger partial charge in [-0.3, -0.25) is 4.79 Å². The summed E-state index contributed by atoms with van der Waals surface area (Å²) in [6.45, 7) is 5.64. The van der Waals surface area contributed by atoms with Gasteiger partial charge in [-0.05, 0) is 50.4 Å². The maximum absolute atomic E-state index is 12.2. The number of piperazine rings is 1. The minimum absolute atomic E-state index is 0.0337. The highest BCUT2D eigenvalue weighted by atomic mass is 16.2. The first kappa shape index (κ1) is 17.9. The van der Waals surface area contributed by atoms with Gasteiger partial charge in [0.05, 0.1) is 0 Å². The molecule has 26 heavy (non-hydrogen) atoms. The highest BCUT2D eigenvalue weighted by Gasteiger charge is 2.14. The third-order valence-corrected chi connectivity index (χ3v) is 4.52. The summed E-state index contributed by atoms with van der Waals surface area (Å²) in [7, 11) is 2.13. The number of benzene rings is 2. The molecule has 136 valence electrons. The topological polar surface area (TPSA) is 64.7 Å². The number of hydrogen-bond donors (Lipinski definition) is 2. The molecule has 0 atom stereocenters. The van der Waals surface area contributed by atoms with Gasteiger partial charge < -0.3 is 20.4 Å². The molecule has 1 saturated heterocycles. The number of nitrogens with zero attached hydrogens (tertiary/aromatic N) is 2. The maximum atomic E-state index is 12.2. The van der Waals surface area contributed by atoms with E-state index in [4.69, 9.17) is 0 Å². The van der Waals surface area contributed by atoms with E-state index in [1.54, 1.807) is 24.3 Å². The van der Waals surface area contributed by atoms with Gasteiger partial charge in [-0.1, -0.05) is 12.1 Å². The summed E-state index contributed by atoms with van der Waals surface area (Å²) >= 11 is 0. The van der Waals surface area contributed by atoms with Crippen LogP contribution in [-0.2, 0) is 0 Å². The van der Waals surface area contributed by atoms with Crippen LogP contribution in [0.25, 0.3) is 0 Å². The highest BCUT2D eigenvalue weighted by molar-refractivity contribution is 6.01. The summed E-state index contributed by atoms with van der Waals surface area (Å²) in [4.78, 5) is 28.2. The first-order valence-corrected chi connectivity index (χ1v) is 8.74. The minimum Gasteiger partial charge on any atom is -0.369 e. The minimum atomic E-state index is -0.335. The van der Waals surface area contributed by atoms with Crippen LogP contribution in [0.4, 0.5) is 21.9 Å². The van der Waals surface area contributed by atoms with E-state index in [0.29, 0.717) is 11.3 Å². The summed E-state index contributed by atoms with van der Waals surface area (Å²) in [6, 6.07) is 14.4. The molecule has 0 aromatic heterocycles. The lowest BCUT2D eigenvalue weighted by Crippen LogP contribution is -2.44. The second kappa shape index (κ2) is 8.01. The standard InChI is InChI=1S/C20H24N4O2/c1-15(25)16-4-3-5-18(14-16)22-20(26)21-17-6-8-19(9-7-17)24-12-10-23(2)11-13-24/h3-9,14H,10-13H2,1-2H3,(H2,21,22,26). The van der Waals surface area contributed by atoms with Gasteiger partial charge in [-0.2, -0.15) is 0 Å². The average molecular weight is 352 g/mol. The molecule has 2 amide bonds. The summed E-state index contributed by atoms with van der Waals surface area (Å²) < 4.78 is 0. The second-order valence-corrected chi connectivity index (χ2v) is 6.55. The van der Waals surface area contributed by atoms with Crippen LogP contribution in [-0.4, -0.2) is 49.9 Å². The third-order valence-electron chi connectivity index (χ3n) is 4.52. The van der Waals surface area contributed by atoms with Crippen molar-refractivity contribution in [2.45, 2.75) is 6.92 Å². The Balaban J connectivity index is 1.57. The van der Waals surface area contributed by atoms with Crippen LogP contribution in [0.5, 0.6) is 0 Å². The number of likely N-dealkylation sites (N-methyl/N-ethyl adjacent to an activating group) is 1.